The second-order valence-corrected chi connectivity index (χ2v) is 5.07. The van der Waals surface area contributed by atoms with Crippen LogP contribution in [-0.2, 0) is 17.9 Å². The summed E-state index contributed by atoms with van der Waals surface area (Å²) in [5.41, 5.74) is 2.09. The van der Waals surface area contributed by atoms with Gasteiger partial charge in [-0.3, -0.25) is 0 Å². The fraction of sp³-hybridized carbons (Fsp3) is 0.278. The smallest absolute Gasteiger partial charge is 0.123 e. The first kappa shape index (κ1) is 16.2. The Morgan fingerprint density at radius 3 is 2.45 bits per heavy atom. The summed E-state index contributed by atoms with van der Waals surface area (Å²) < 4.78 is 18.5. The van der Waals surface area contributed by atoms with Crippen LogP contribution >= 0.6 is 0 Å². The van der Waals surface area contributed by atoms with E-state index >= 15 is 0 Å². The molecule has 2 aromatic carbocycles. The minimum Gasteiger partial charge on any atom is -0.375 e. The highest BCUT2D eigenvalue weighted by molar-refractivity contribution is 5.16. The van der Waals surface area contributed by atoms with E-state index in [-0.39, 0.29) is 11.9 Å². The summed E-state index contributed by atoms with van der Waals surface area (Å²) in [4.78, 5) is 0. The minimum atomic E-state index is -0.247. The van der Waals surface area contributed by atoms with Crippen molar-refractivity contribution in [1.82, 2.24) is 5.32 Å². The second-order valence-electron chi connectivity index (χ2n) is 5.07. The molecule has 2 rings (SSSR count). The molecule has 22 heavy (non-hydrogen) atoms. The van der Waals surface area contributed by atoms with Gasteiger partial charge in [-0.25, -0.2) is 4.39 Å². The molecule has 2 aromatic rings. The zero-order valence-electron chi connectivity index (χ0n) is 12.3. The third kappa shape index (κ3) is 5.65. The zero-order chi connectivity index (χ0) is 15.6. The lowest BCUT2D eigenvalue weighted by atomic mass is 10.2. The van der Waals surface area contributed by atoms with Gasteiger partial charge in [0.2, 0.25) is 0 Å². The molecular formula is C18H19FN2O. The highest BCUT2D eigenvalue weighted by Crippen LogP contribution is 2.05. The lowest BCUT2D eigenvalue weighted by molar-refractivity contribution is 0.0990. The average Bonchev–Trinajstić information content (AvgIpc) is 2.55. The summed E-state index contributed by atoms with van der Waals surface area (Å²) in [6, 6.07) is 18.4. The standard InChI is InChI=1S/C18H19FN2O/c19-17-8-6-15(7-9-17)12-21-18(10-11-20)14-22-13-16-4-2-1-3-5-16/h1-9,18,21H,10,12-14H2. The molecule has 0 radical (unpaired) electrons. The van der Waals surface area contributed by atoms with Crippen molar-refractivity contribution in [3.63, 3.8) is 0 Å². The van der Waals surface area contributed by atoms with Crippen molar-refractivity contribution in [3.05, 3.63) is 71.5 Å². The highest BCUT2D eigenvalue weighted by atomic mass is 19.1. The molecule has 114 valence electrons. The van der Waals surface area contributed by atoms with Crippen LogP contribution in [0.25, 0.3) is 0 Å². The Morgan fingerprint density at radius 1 is 1.05 bits per heavy atom. The van der Waals surface area contributed by atoms with Crippen molar-refractivity contribution in [1.29, 1.82) is 5.26 Å². The number of rotatable bonds is 8. The van der Waals surface area contributed by atoms with E-state index in [4.69, 9.17) is 10.00 Å². The lowest BCUT2D eigenvalue weighted by Crippen LogP contribution is -2.32. The maximum atomic E-state index is 12.9. The fourth-order valence-corrected chi connectivity index (χ4v) is 2.06. The monoisotopic (exact) mass is 298 g/mol. The van der Waals surface area contributed by atoms with Gasteiger partial charge in [0.05, 0.1) is 25.7 Å². The van der Waals surface area contributed by atoms with Gasteiger partial charge < -0.3 is 10.1 Å². The van der Waals surface area contributed by atoms with E-state index in [0.717, 1.165) is 11.1 Å². The van der Waals surface area contributed by atoms with E-state index in [0.29, 0.717) is 26.2 Å². The van der Waals surface area contributed by atoms with E-state index < -0.39 is 0 Å². The van der Waals surface area contributed by atoms with Crippen LogP contribution in [0.2, 0.25) is 0 Å². The molecule has 3 nitrogen and oxygen atoms in total. The summed E-state index contributed by atoms with van der Waals surface area (Å²) in [5.74, 6) is -0.247. The summed E-state index contributed by atoms with van der Waals surface area (Å²) >= 11 is 0. The molecule has 0 saturated heterocycles. The van der Waals surface area contributed by atoms with E-state index in [1.54, 1.807) is 12.1 Å². The van der Waals surface area contributed by atoms with Crippen LogP contribution in [0.3, 0.4) is 0 Å². The maximum Gasteiger partial charge on any atom is 0.123 e. The minimum absolute atomic E-state index is 0.0428. The van der Waals surface area contributed by atoms with Crippen LogP contribution in [0.4, 0.5) is 4.39 Å². The normalized spacial score (nSPS) is 11.8. The Hall–Kier alpha value is -2.22. The van der Waals surface area contributed by atoms with Crippen molar-refractivity contribution in [3.8, 4) is 6.07 Å². The molecule has 0 fully saturated rings. The maximum absolute atomic E-state index is 12.9. The number of nitriles is 1. The average molecular weight is 298 g/mol. The van der Waals surface area contributed by atoms with Crippen LogP contribution in [0.5, 0.6) is 0 Å². The number of benzene rings is 2. The van der Waals surface area contributed by atoms with Gasteiger partial charge in [0, 0.05) is 12.6 Å². The quantitative estimate of drug-likeness (QED) is 0.812. The van der Waals surface area contributed by atoms with Gasteiger partial charge in [0.15, 0.2) is 0 Å². The fourth-order valence-electron chi connectivity index (χ4n) is 2.06. The van der Waals surface area contributed by atoms with Gasteiger partial charge in [-0.05, 0) is 23.3 Å². The number of hydrogen-bond donors (Lipinski definition) is 1. The summed E-state index contributed by atoms with van der Waals surface area (Å²) in [6.07, 6.45) is 0.371. The zero-order valence-corrected chi connectivity index (χ0v) is 12.3. The third-order valence-electron chi connectivity index (χ3n) is 3.28. The Bertz CT molecular complexity index is 593. The highest BCUT2D eigenvalue weighted by Gasteiger charge is 2.08. The summed E-state index contributed by atoms with van der Waals surface area (Å²) in [6.45, 7) is 1.58. The molecular weight excluding hydrogens is 279 g/mol. The van der Waals surface area contributed by atoms with Crippen molar-refractivity contribution >= 4 is 0 Å². The van der Waals surface area contributed by atoms with E-state index in [1.165, 1.54) is 12.1 Å². The largest absolute Gasteiger partial charge is 0.375 e. The SMILES string of the molecule is N#CCC(COCc1ccccc1)NCc1ccc(F)cc1. The van der Waals surface area contributed by atoms with E-state index in [2.05, 4.69) is 11.4 Å². The van der Waals surface area contributed by atoms with Gasteiger partial charge in [0.25, 0.3) is 0 Å². The topological polar surface area (TPSA) is 45.0 Å². The van der Waals surface area contributed by atoms with Gasteiger partial charge in [-0.15, -0.1) is 0 Å². The van der Waals surface area contributed by atoms with Crippen LogP contribution in [-0.4, -0.2) is 12.6 Å². The molecule has 1 N–H and O–H groups in total. The predicted octanol–water partition coefficient (Wildman–Crippen LogP) is 3.41. The number of nitrogens with zero attached hydrogens (tertiary/aromatic N) is 1. The molecule has 0 spiro atoms. The number of hydrogen-bond acceptors (Lipinski definition) is 3. The van der Waals surface area contributed by atoms with Crippen LogP contribution in [0.15, 0.2) is 54.6 Å². The second kappa shape index (κ2) is 8.93. The molecule has 0 aromatic heterocycles. The molecule has 0 aliphatic carbocycles. The molecule has 0 bridgehead atoms. The Balaban J connectivity index is 1.77. The number of ether oxygens (including phenoxy) is 1. The Labute approximate surface area is 130 Å². The molecule has 0 amide bonds. The lowest BCUT2D eigenvalue weighted by Gasteiger charge is -2.16. The first-order valence-corrected chi connectivity index (χ1v) is 7.24. The molecule has 0 aliphatic rings. The van der Waals surface area contributed by atoms with E-state index in [9.17, 15) is 4.39 Å². The van der Waals surface area contributed by atoms with Crippen LogP contribution < -0.4 is 5.32 Å². The first-order valence-electron chi connectivity index (χ1n) is 7.24. The third-order valence-corrected chi connectivity index (χ3v) is 3.28. The predicted molar refractivity (Wildman–Crippen MR) is 83.4 cm³/mol. The molecule has 1 unspecified atom stereocenters. The molecule has 4 heteroatoms. The molecule has 0 saturated carbocycles. The Kier molecular flexibility index (Phi) is 6.56. The van der Waals surface area contributed by atoms with Gasteiger partial charge in [-0.1, -0.05) is 42.5 Å². The van der Waals surface area contributed by atoms with E-state index in [1.807, 2.05) is 30.3 Å². The van der Waals surface area contributed by atoms with Crippen molar-refractivity contribution < 1.29 is 9.13 Å². The molecule has 1 atom stereocenters. The summed E-state index contributed by atoms with van der Waals surface area (Å²) in [7, 11) is 0. The van der Waals surface area contributed by atoms with Gasteiger partial charge >= 0.3 is 0 Å². The van der Waals surface area contributed by atoms with Crippen molar-refractivity contribution in [2.24, 2.45) is 0 Å². The van der Waals surface area contributed by atoms with Gasteiger partial charge in [-0.2, -0.15) is 5.26 Å². The number of halogens is 1. The van der Waals surface area contributed by atoms with Gasteiger partial charge in [0.1, 0.15) is 5.82 Å². The van der Waals surface area contributed by atoms with Crippen LogP contribution in [0.1, 0.15) is 17.5 Å². The van der Waals surface area contributed by atoms with Crippen LogP contribution in [0, 0.1) is 17.1 Å². The summed E-state index contributed by atoms with van der Waals surface area (Å²) in [5, 5.41) is 12.2. The van der Waals surface area contributed by atoms with Crippen molar-refractivity contribution in [2.45, 2.75) is 25.6 Å². The molecule has 0 heterocycles. The van der Waals surface area contributed by atoms with Crippen molar-refractivity contribution in [2.75, 3.05) is 6.61 Å². The Morgan fingerprint density at radius 2 is 1.77 bits per heavy atom. The molecule has 0 aliphatic heterocycles. The first-order chi connectivity index (χ1) is 10.8. The number of nitrogens with one attached hydrogen (secondary N) is 1.